The summed E-state index contributed by atoms with van der Waals surface area (Å²) in [5.41, 5.74) is 3.98. The molecule has 38 heavy (non-hydrogen) atoms. The predicted octanol–water partition coefficient (Wildman–Crippen LogP) is 9.51. The lowest BCUT2D eigenvalue weighted by molar-refractivity contribution is 0.279. The first kappa shape index (κ1) is 31.6. The molecule has 0 saturated carbocycles. The minimum atomic E-state index is -0.145. The summed E-state index contributed by atoms with van der Waals surface area (Å²) in [7, 11) is 0. The van der Waals surface area contributed by atoms with Gasteiger partial charge >= 0.3 is 0 Å². The van der Waals surface area contributed by atoms with Crippen molar-refractivity contribution in [2.45, 2.75) is 90.5 Å². The van der Waals surface area contributed by atoms with Crippen LogP contribution in [-0.2, 0) is 10.8 Å². The van der Waals surface area contributed by atoms with Gasteiger partial charge in [-0.25, -0.2) is 0 Å². The summed E-state index contributed by atoms with van der Waals surface area (Å²) < 4.78 is 0. The fourth-order valence-electron chi connectivity index (χ4n) is 4.52. The summed E-state index contributed by atoms with van der Waals surface area (Å²) in [5, 5.41) is 14.6. The molecule has 1 unspecified atom stereocenters. The molecule has 3 nitrogen and oxygen atoms in total. The fraction of sp³-hybridized carbons (Fsp3) is 0.471. The first-order valence-electron chi connectivity index (χ1n) is 13.8. The third kappa shape index (κ3) is 9.62. The zero-order chi connectivity index (χ0) is 28.5. The van der Waals surface area contributed by atoms with E-state index in [0.717, 1.165) is 41.4 Å². The molecule has 0 saturated heterocycles. The van der Waals surface area contributed by atoms with Crippen molar-refractivity contribution in [3.05, 3.63) is 90.2 Å². The molecular formula is C34H50N2OS. The zero-order valence-electron chi connectivity index (χ0n) is 25.1. The molecule has 0 aromatic heterocycles. The topological polar surface area (TPSA) is 35.5 Å². The second-order valence-corrected chi connectivity index (χ2v) is 13.6. The van der Waals surface area contributed by atoms with Gasteiger partial charge in [-0.3, -0.25) is 0 Å². The standard InChI is InChI=1S/C34H50N2OS/c1-11-16-28(19-15-20-35-27-17-13-12-14-18-27)36(26(4)21-25(2)3)24-38-29-22-30(33(5,6)7)32(37)31(23-29)34(8,9)10/h11-19,22-23,25-26,35,37H,1,20-21,24H2,2-10H3/b19-15-,28-16+. The molecule has 2 aromatic rings. The number of rotatable bonds is 12. The predicted molar refractivity (Wildman–Crippen MR) is 169 cm³/mol. The van der Waals surface area contributed by atoms with E-state index in [1.54, 1.807) is 0 Å². The van der Waals surface area contributed by atoms with Gasteiger partial charge in [-0.1, -0.05) is 92.3 Å². The highest BCUT2D eigenvalue weighted by molar-refractivity contribution is 7.99. The molecule has 0 aliphatic heterocycles. The van der Waals surface area contributed by atoms with Crippen molar-refractivity contribution in [1.82, 2.24) is 4.90 Å². The van der Waals surface area contributed by atoms with E-state index in [0.29, 0.717) is 17.7 Å². The van der Waals surface area contributed by atoms with Crippen LogP contribution in [-0.4, -0.2) is 28.5 Å². The lowest BCUT2D eigenvalue weighted by Gasteiger charge is -2.33. The fourth-order valence-corrected chi connectivity index (χ4v) is 5.62. The second kappa shape index (κ2) is 14.0. The monoisotopic (exact) mass is 534 g/mol. The Morgan fingerprint density at radius 2 is 1.58 bits per heavy atom. The largest absolute Gasteiger partial charge is 0.507 e. The Kier molecular flexibility index (Phi) is 11.6. The number of thioether (sulfide) groups is 1. The highest BCUT2D eigenvalue weighted by Crippen LogP contribution is 2.42. The molecule has 0 radical (unpaired) electrons. The van der Waals surface area contributed by atoms with Crippen molar-refractivity contribution in [2.75, 3.05) is 17.7 Å². The number of phenols is 1. The number of benzene rings is 2. The normalized spacial score (nSPS) is 13.7. The Morgan fingerprint density at radius 3 is 2.08 bits per heavy atom. The van der Waals surface area contributed by atoms with E-state index in [1.165, 1.54) is 4.90 Å². The van der Waals surface area contributed by atoms with Crippen molar-refractivity contribution in [3.8, 4) is 5.75 Å². The van der Waals surface area contributed by atoms with Crippen LogP contribution in [0.15, 0.2) is 83.9 Å². The van der Waals surface area contributed by atoms with Crippen molar-refractivity contribution in [2.24, 2.45) is 5.92 Å². The third-order valence-corrected chi connectivity index (χ3v) is 7.50. The number of aromatic hydroxyl groups is 1. The molecule has 208 valence electrons. The first-order chi connectivity index (χ1) is 17.7. The molecular weight excluding hydrogens is 484 g/mol. The second-order valence-electron chi connectivity index (χ2n) is 12.6. The molecule has 2 aromatic carbocycles. The molecule has 0 amide bonds. The Bertz CT molecular complexity index is 1050. The van der Waals surface area contributed by atoms with Crippen LogP contribution in [0.2, 0.25) is 0 Å². The minimum absolute atomic E-state index is 0.145. The van der Waals surface area contributed by atoms with Crippen LogP contribution in [0, 0.1) is 5.92 Å². The van der Waals surface area contributed by atoms with Crippen LogP contribution in [0.4, 0.5) is 5.69 Å². The molecule has 0 aliphatic carbocycles. The van der Waals surface area contributed by atoms with Crippen molar-refractivity contribution in [3.63, 3.8) is 0 Å². The Balaban J connectivity index is 2.35. The third-order valence-electron chi connectivity index (χ3n) is 6.52. The Hall–Kier alpha value is -2.59. The number of nitrogens with zero attached hydrogens (tertiary/aromatic N) is 1. The molecule has 2 rings (SSSR count). The summed E-state index contributed by atoms with van der Waals surface area (Å²) in [6.45, 7) is 24.6. The van der Waals surface area contributed by atoms with Gasteiger partial charge < -0.3 is 15.3 Å². The number of allylic oxidation sites excluding steroid dienone is 3. The van der Waals surface area contributed by atoms with Crippen LogP contribution in [0.3, 0.4) is 0 Å². The maximum absolute atomic E-state index is 11.2. The SMILES string of the molecule is C=C/C=C(\C=C/CNc1ccccc1)N(CSc1cc(C(C)(C)C)c(O)c(C(C)(C)C)c1)C(C)CC(C)C. The molecule has 0 bridgehead atoms. The average Bonchev–Trinajstić information content (AvgIpc) is 2.81. The van der Waals surface area contributed by atoms with Gasteiger partial charge in [-0.2, -0.15) is 0 Å². The van der Waals surface area contributed by atoms with Crippen LogP contribution < -0.4 is 5.32 Å². The van der Waals surface area contributed by atoms with Crippen LogP contribution >= 0.6 is 11.8 Å². The number of hydrogen-bond acceptors (Lipinski definition) is 4. The molecule has 0 fully saturated rings. The molecule has 0 aliphatic rings. The Morgan fingerprint density at radius 1 is 1.00 bits per heavy atom. The van der Waals surface area contributed by atoms with E-state index < -0.39 is 0 Å². The average molecular weight is 535 g/mol. The lowest BCUT2D eigenvalue weighted by Crippen LogP contribution is -2.32. The van der Waals surface area contributed by atoms with Gasteiger partial charge in [0.05, 0.1) is 5.88 Å². The van der Waals surface area contributed by atoms with E-state index in [2.05, 4.69) is 122 Å². The van der Waals surface area contributed by atoms with Crippen molar-refractivity contribution < 1.29 is 5.11 Å². The minimum Gasteiger partial charge on any atom is -0.507 e. The highest BCUT2D eigenvalue weighted by atomic mass is 32.2. The van der Waals surface area contributed by atoms with E-state index in [-0.39, 0.29) is 10.8 Å². The first-order valence-corrected chi connectivity index (χ1v) is 14.8. The van der Waals surface area contributed by atoms with Gasteiger partial charge in [-0.05, 0) is 66.5 Å². The van der Waals surface area contributed by atoms with Crippen molar-refractivity contribution >= 4 is 17.4 Å². The summed E-state index contributed by atoms with van der Waals surface area (Å²) in [6.07, 6.45) is 9.46. The van der Waals surface area contributed by atoms with E-state index in [9.17, 15) is 5.11 Å². The van der Waals surface area contributed by atoms with Crippen LogP contribution in [0.1, 0.15) is 79.9 Å². The van der Waals surface area contributed by atoms with Gasteiger partial charge in [0.2, 0.25) is 0 Å². The highest BCUT2D eigenvalue weighted by Gasteiger charge is 2.27. The van der Waals surface area contributed by atoms with Gasteiger partial charge in [0.1, 0.15) is 5.75 Å². The van der Waals surface area contributed by atoms with Crippen LogP contribution in [0.25, 0.3) is 0 Å². The quantitative estimate of drug-likeness (QED) is 0.161. The zero-order valence-corrected chi connectivity index (χ0v) is 26.0. The number of anilines is 1. The molecule has 0 spiro atoms. The summed E-state index contributed by atoms with van der Waals surface area (Å²) in [4.78, 5) is 3.67. The number of nitrogens with one attached hydrogen (secondary N) is 1. The van der Waals surface area contributed by atoms with E-state index in [1.807, 2.05) is 36.0 Å². The summed E-state index contributed by atoms with van der Waals surface area (Å²) in [6, 6.07) is 15.0. The Labute approximate surface area is 237 Å². The van der Waals surface area contributed by atoms with Gasteiger partial charge in [0.15, 0.2) is 0 Å². The van der Waals surface area contributed by atoms with Crippen LogP contribution in [0.5, 0.6) is 5.75 Å². The molecule has 1 atom stereocenters. The van der Waals surface area contributed by atoms with E-state index in [4.69, 9.17) is 0 Å². The molecule has 2 N–H and O–H groups in total. The number of phenolic OH excluding ortho intramolecular Hbond substituents is 1. The van der Waals surface area contributed by atoms with Gasteiger partial charge in [-0.15, -0.1) is 11.8 Å². The van der Waals surface area contributed by atoms with Gasteiger partial charge in [0.25, 0.3) is 0 Å². The number of para-hydroxylation sites is 1. The molecule has 0 heterocycles. The maximum Gasteiger partial charge on any atom is 0.123 e. The van der Waals surface area contributed by atoms with E-state index >= 15 is 0 Å². The summed E-state index contributed by atoms with van der Waals surface area (Å²) >= 11 is 1.83. The molecule has 4 heteroatoms. The maximum atomic E-state index is 11.2. The van der Waals surface area contributed by atoms with Crippen molar-refractivity contribution in [1.29, 1.82) is 0 Å². The smallest absolute Gasteiger partial charge is 0.123 e. The summed E-state index contributed by atoms with van der Waals surface area (Å²) in [5.74, 6) is 1.84. The number of hydrogen-bond donors (Lipinski definition) is 2. The van der Waals surface area contributed by atoms with Gasteiger partial charge in [0, 0.05) is 40.0 Å². The lowest BCUT2D eigenvalue weighted by atomic mass is 9.79.